The molecule has 1 unspecified atom stereocenters. The van der Waals surface area contributed by atoms with Crippen LogP contribution >= 0.6 is 0 Å². The van der Waals surface area contributed by atoms with E-state index >= 15 is 0 Å². The minimum atomic E-state index is -3.97. The lowest BCUT2D eigenvalue weighted by atomic mass is 10.3. The normalized spacial score (nSPS) is 13.0. The number of hydrogen-bond acceptors (Lipinski definition) is 4. The third kappa shape index (κ3) is 3.82. The number of carbonyl (C=O) groups is 2. The molecule has 1 aromatic rings. The number of aromatic carboxylic acids is 1. The summed E-state index contributed by atoms with van der Waals surface area (Å²) in [7, 11) is -0.931. The molecular formula is C12H19N3O5S. The number of carboxylic acids is 1. The lowest BCUT2D eigenvalue weighted by molar-refractivity contribution is -0.130. The van der Waals surface area contributed by atoms with Gasteiger partial charge in [-0.05, 0) is 19.9 Å². The number of carbonyl (C=O) groups excluding carboxylic acids is 1. The number of carboxylic acid groups (broad SMARTS) is 1. The number of nitrogens with one attached hydrogen (secondary N) is 1. The summed E-state index contributed by atoms with van der Waals surface area (Å²) in [5.74, 6) is -1.61. The molecule has 8 nitrogen and oxygen atoms in total. The van der Waals surface area contributed by atoms with Gasteiger partial charge in [0.05, 0.1) is 6.04 Å². The molecule has 0 saturated carbocycles. The molecule has 1 heterocycles. The van der Waals surface area contributed by atoms with Gasteiger partial charge < -0.3 is 14.6 Å². The number of hydrogen-bond donors (Lipinski definition) is 2. The van der Waals surface area contributed by atoms with Gasteiger partial charge in [0.25, 0.3) is 0 Å². The van der Waals surface area contributed by atoms with Crippen LogP contribution in [0.4, 0.5) is 0 Å². The fraction of sp³-hybridized carbons (Fsp3) is 0.500. The minimum Gasteiger partial charge on any atom is -0.477 e. The second-order valence-electron chi connectivity index (χ2n) is 4.73. The van der Waals surface area contributed by atoms with Crippen LogP contribution in [0.1, 0.15) is 24.3 Å². The molecule has 9 heteroatoms. The first-order valence-electron chi connectivity index (χ1n) is 6.27. The molecule has 0 radical (unpaired) electrons. The van der Waals surface area contributed by atoms with Crippen molar-refractivity contribution < 1.29 is 23.1 Å². The van der Waals surface area contributed by atoms with Gasteiger partial charge in [-0.1, -0.05) is 0 Å². The monoisotopic (exact) mass is 317 g/mol. The van der Waals surface area contributed by atoms with Gasteiger partial charge in [0.1, 0.15) is 10.6 Å². The highest BCUT2D eigenvalue weighted by Crippen LogP contribution is 2.15. The van der Waals surface area contributed by atoms with Crippen LogP contribution in [0, 0.1) is 0 Å². The first kappa shape index (κ1) is 17.2. The lowest BCUT2D eigenvalue weighted by Gasteiger charge is -2.17. The number of nitrogens with zero attached hydrogens (tertiary/aromatic N) is 2. The van der Waals surface area contributed by atoms with Crippen LogP contribution in [0.5, 0.6) is 0 Å². The van der Waals surface area contributed by atoms with E-state index in [4.69, 9.17) is 5.11 Å². The van der Waals surface area contributed by atoms with Crippen LogP contribution in [0.3, 0.4) is 0 Å². The van der Waals surface area contributed by atoms with Crippen molar-refractivity contribution in [2.45, 2.75) is 31.3 Å². The standard InChI is InChI=1S/C12H19N3O5S/c1-5-15-7-9(6-10(15)12(17)18)21(19,20)13-8(2)11(16)14(3)4/h6-8,13H,5H2,1-4H3,(H,17,18). The van der Waals surface area contributed by atoms with Gasteiger partial charge in [0.15, 0.2) is 0 Å². The Morgan fingerprint density at radius 1 is 1.43 bits per heavy atom. The number of amides is 1. The Morgan fingerprint density at radius 3 is 2.38 bits per heavy atom. The van der Waals surface area contributed by atoms with E-state index in [1.807, 2.05) is 0 Å². The Bertz CT molecular complexity index is 648. The van der Waals surface area contributed by atoms with Gasteiger partial charge in [0, 0.05) is 26.8 Å². The quantitative estimate of drug-likeness (QED) is 0.765. The average molecular weight is 317 g/mol. The van der Waals surface area contributed by atoms with E-state index in [0.29, 0.717) is 6.54 Å². The second kappa shape index (κ2) is 6.27. The highest BCUT2D eigenvalue weighted by atomic mass is 32.2. The van der Waals surface area contributed by atoms with E-state index in [9.17, 15) is 18.0 Å². The first-order valence-corrected chi connectivity index (χ1v) is 7.75. The van der Waals surface area contributed by atoms with E-state index in [0.717, 1.165) is 6.07 Å². The molecule has 118 valence electrons. The molecule has 0 spiro atoms. The average Bonchev–Trinajstić information content (AvgIpc) is 2.82. The Hall–Kier alpha value is -1.87. The Kier molecular flexibility index (Phi) is 5.13. The maximum Gasteiger partial charge on any atom is 0.352 e. The van der Waals surface area contributed by atoms with Crippen molar-refractivity contribution in [1.29, 1.82) is 0 Å². The van der Waals surface area contributed by atoms with Crippen molar-refractivity contribution in [3.05, 3.63) is 18.0 Å². The molecule has 2 N–H and O–H groups in total. The predicted molar refractivity (Wildman–Crippen MR) is 75.5 cm³/mol. The smallest absolute Gasteiger partial charge is 0.352 e. The fourth-order valence-electron chi connectivity index (χ4n) is 1.81. The van der Waals surface area contributed by atoms with Crippen molar-refractivity contribution in [2.24, 2.45) is 0 Å². The molecule has 0 aliphatic carbocycles. The second-order valence-corrected chi connectivity index (χ2v) is 6.44. The molecule has 0 fully saturated rings. The van der Waals surface area contributed by atoms with Gasteiger partial charge >= 0.3 is 5.97 Å². The molecule has 1 rings (SSSR count). The number of sulfonamides is 1. The zero-order chi connectivity index (χ0) is 16.4. The largest absolute Gasteiger partial charge is 0.477 e. The van der Waals surface area contributed by atoms with Gasteiger partial charge in [-0.3, -0.25) is 4.79 Å². The summed E-state index contributed by atoms with van der Waals surface area (Å²) in [5.41, 5.74) is -0.121. The Labute approximate surface area is 123 Å². The molecule has 0 aliphatic rings. The topological polar surface area (TPSA) is 109 Å². The zero-order valence-corrected chi connectivity index (χ0v) is 13.1. The Morgan fingerprint density at radius 2 is 2.00 bits per heavy atom. The van der Waals surface area contributed by atoms with Crippen LogP contribution in [0.15, 0.2) is 17.2 Å². The van der Waals surface area contributed by atoms with Crippen LogP contribution in [-0.2, 0) is 21.4 Å². The van der Waals surface area contributed by atoms with Crippen LogP contribution in [-0.4, -0.2) is 55.0 Å². The summed E-state index contributed by atoms with van der Waals surface area (Å²) in [6.07, 6.45) is 1.23. The maximum atomic E-state index is 12.2. The molecule has 1 atom stereocenters. The zero-order valence-electron chi connectivity index (χ0n) is 12.3. The number of aromatic nitrogens is 1. The third-order valence-electron chi connectivity index (χ3n) is 2.88. The van der Waals surface area contributed by atoms with Gasteiger partial charge in [0.2, 0.25) is 15.9 Å². The summed E-state index contributed by atoms with van der Waals surface area (Å²) in [4.78, 5) is 23.8. The van der Waals surface area contributed by atoms with Crippen LogP contribution < -0.4 is 4.72 Å². The van der Waals surface area contributed by atoms with Crippen molar-refractivity contribution in [3.63, 3.8) is 0 Å². The summed E-state index contributed by atoms with van der Waals surface area (Å²) in [6, 6.07) is 0.129. The molecule has 1 aromatic heterocycles. The highest BCUT2D eigenvalue weighted by molar-refractivity contribution is 7.89. The SMILES string of the molecule is CCn1cc(S(=O)(=O)NC(C)C(=O)N(C)C)cc1C(=O)O. The van der Waals surface area contributed by atoms with E-state index in [1.165, 1.54) is 36.7 Å². The van der Waals surface area contributed by atoms with E-state index < -0.39 is 27.9 Å². The predicted octanol–water partition coefficient (Wildman–Crippen LogP) is -0.0388. The third-order valence-corrected chi connectivity index (χ3v) is 4.39. The molecule has 0 saturated heterocycles. The van der Waals surface area contributed by atoms with Crippen LogP contribution in [0.2, 0.25) is 0 Å². The lowest BCUT2D eigenvalue weighted by Crippen LogP contribution is -2.44. The van der Waals surface area contributed by atoms with E-state index in [1.54, 1.807) is 6.92 Å². The molecular weight excluding hydrogens is 298 g/mol. The molecule has 0 aliphatic heterocycles. The van der Waals surface area contributed by atoms with E-state index in [2.05, 4.69) is 4.72 Å². The summed E-state index contributed by atoms with van der Waals surface area (Å²) in [5, 5.41) is 9.02. The van der Waals surface area contributed by atoms with Crippen LogP contribution in [0.25, 0.3) is 0 Å². The van der Waals surface area contributed by atoms with Crippen molar-refractivity contribution in [3.8, 4) is 0 Å². The van der Waals surface area contributed by atoms with E-state index in [-0.39, 0.29) is 10.6 Å². The van der Waals surface area contributed by atoms with Crippen molar-refractivity contribution >= 4 is 21.9 Å². The molecule has 0 aromatic carbocycles. The first-order chi connectivity index (χ1) is 9.60. The van der Waals surface area contributed by atoms with Crippen molar-refractivity contribution in [2.75, 3.05) is 14.1 Å². The molecule has 0 bridgehead atoms. The summed E-state index contributed by atoms with van der Waals surface area (Å²) in [6.45, 7) is 3.45. The minimum absolute atomic E-state index is 0.121. The number of likely N-dealkylation sites (N-methyl/N-ethyl adjacent to an activating group) is 1. The summed E-state index contributed by atoms with van der Waals surface area (Å²) < 4.78 is 27.9. The Balaban J connectivity index is 3.09. The molecule has 1 amide bonds. The maximum absolute atomic E-state index is 12.2. The van der Waals surface area contributed by atoms with Gasteiger partial charge in [-0.15, -0.1) is 0 Å². The van der Waals surface area contributed by atoms with Gasteiger partial charge in [-0.25, -0.2) is 13.2 Å². The van der Waals surface area contributed by atoms with Gasteiger partial charge in [-0.2, -0.15) is 4.72 Å². The number of aryl methyl sites for hydroxylation is 1. The number of rotatable bonds is 6. The highest BCUT2D eigenvalue weighted by Gasteiger charge is 2.25. The fourth-order valence-corrected chi connectivity index (χ4v) is 3.04. The van der Waals surface area contributed by atoms with Crippen molar-refractivity contribution in [1.82, 2.24) is 14.2 Å². The molecule has 21 heavy (non-hydrogen) atoms. The summed E-state index contributed by atoms with van der Waals surface area (Å²) >= 11 is 0.